The largest absolute Gasteiger partial charge is 0.377 e. The standard InChI is InChI=1S/C13H21BrN4O/c1-4-15-11-10(14)12(17-9-16-11)18-7-5-6-13(2,8-18)19-3/h9H,4-8H2,1-3H3,(H,15,16,17). The Bertz CT molecular complexity index is 443. The third kappa shape index (κ3) is 3.17. The summed E-state index contributed by atoms with van der Waals surface area (Å²) in [7, 11) is 1.78. The van der Waals surface area contributed by atoms with Crippen LogP contribution in [0.4, 0.5) is 11.6 Å². The van der Waals surface area contributed by atoms with E-state index in [2.05, 4.69) is 50.0 Å². The molecular formula is C13H21BrN4O. The SMILES string of the molecule is CCNc1ncnc(N2CCCC(C)(OC)C2)c1Br. The molecule has 1 aliphatic heterocycles. The smallest absolute Gasteiger partial charge is 0.148 e. The number of hydrogen-bond donors (Lipinski definition) is 1. The average molecular weight is 329 g/mol. The predicted octanol–water partition coefficient (Wildman–Crippen LogP) is 2.68. The van der Waals surface area contributed by atoms with Crippen LogP contribution in [-0.2, 0) is 4.74 Å². The summed E-state index contributed by atoms with van der Waals surface area (Å²) in [6, 6.07) is 0. The van der Waals surface area contributed by atoms with E-state index in [1.165, 1.54) is 0 Å². The van der Waals surface area contributed by atoms with Gasteiger partial charge in [0, 0.05) is 26.7 Å². The number of piperidine rings is 1. The Morgan fingerprint density at radius 2 is 2.32 bits per heavy atom. The Balaban J connectivity index is 2.24. The molecule has 0 amide bonds. The van der Waals surface area contributed by atoms with Crippen LogP contribution in [-0.4, -0.2) is 42.3 Å². The highest BCUT2D eigenvalue weighted by Crippen LogP contribution is 2.33. The van der Waals surface area contributed by atoms with Gasteiger partial charge in [-0.1, -0.05) is 0 Å². The van der Waals surface area contributed by atoms with Crippen molar-refractivity contribution in [3.63, 3.8) is 0 Å². The summed E-state index contributed by atoms with van der Waals surface area (Å²) >= 11 is 3.61. The van der Waals surface area contributed by atoms with Gasteiger partial charge in [0.2, 0.25) is 0 Å². The third-order valence-corrected chi connectivity index (χ3v) is 4.30. The minimum atomic E-state index is -0.0962. The molecule has 1 aliphatic rings. The van der Waals surface area contributed by atoms with Crippen molar-refractivity contribution >= 4 is 27.6 Å². The maximum Gasteiger partial charge on any atom is 0.148 e. The molecule has 0 bridgehead atoms. The van der Waals surface area contributed by atoms with Crippen molar-refractivity contribution in [3.05, 3.63) is 10.8 Å². The molecule has 6 heteroatoms. The number of nitrogens with one attached hydrogen (secondary N) is 1. The number of halogens is 1. The summed E-state index contributed by atoms with van der Waals surface area (Å²) in [5.41, 5.74) is -0.0962. The molecule has 0 saturated carbocycles. The second-order valence-corrected chi connectivity index (χ2v) is 5.86. The first kappa shape index (κ1) is 14.5. The van der Waals surface area contributed by atoms with E-state index in [1.54, 1.807) is 13.4 Å². The molecule has 1 atom stereocenters. The zero-order chi connectivity index (χ0) is 13.9. The molecule has 1 saturated heterocycles. The summed E-state index contributed by atoms with van der Waals surface area (Å²) in [5.74, 6) is 1.78. The van der Waals surface area contributed by atoms with Crippen LogP contribution in [0.2, 0.25) is 0 Å². The fourth-order valence-corrected chi connectivity index (χ4v) is 3.02. The summed E-state index contributed by atoms with van der Waals surface area (Å²) < 4.78 is 6.56. The highest BCUT2D eigenvalue weighted by atomic mass is 79.9. The molecule has 1 unspecified atom stereocenters. The molecule has 2 heterocycles. The van der Waals surface area contributed by atoms with Crippen LogP contribution < -0.4 is 10.2 Å². The van der Waals surface area contributed by atoms with Gasteiger partial charge in [-0.15, -0.1) is 0 Å². The molecule has 1 aromatic heterocycles. The number of methoxy groups -OCH3 is 1. The number of ether oxygens (including phenoxy) is 1. The Morgan fingerprint density at radius 1 is 1.53 bits per heavy atom. The van der Waals surface area contributed by atoms with E-state index in [9.17, 15) is 0 Å². The van der Waals surface area contributed by atoms with Crippen molar-refractivity contribution in [3.8, 4) is 0 Å². The first-order valence-electron chi connectivity index (χ1n) is 6.64. The monoisotopic (exact) mass is 328 g/mol. The van der Waals surface area contributed by atoms with Gasteiger partial charge < -0.3 is 15.0 Å². The summed E-state index contributed by atoms with van der Waals surface area (Å²) in [6.07, 6.45) is 3.80. The molecule has 19 heavy (non-hydrogen) atoms. The quantitative estimate of drug-likeness (QED) is 0.920. The maximum atomic E-state index is 5.63. The van der Waals surface area contributed by atoms with E-state index in [1.807, 2.05) is 0 Å². The highest BCUT2D eigenvalue weighted by molar-refractivity contribution is 9.10. The molecule has 0 spiro atoms. The van der Waals surface area contributed by atoms with Crippen LogP contribution in [0.3, 0.4) is 0 Å². The molecule has 0 radical (unpaired) electrons. The first-order valence-corrected chi connectivity index (χ1v) is 7.43. The number of hydrogen-bond acceptors (Lipinski definition) is 5. The van der Waals surface area contributed by atoms with Crippen molar-refractivity contribution in [2.45, 2.75) is 32.3 Å². The lowest BCUT2D eigenvalue weighted by atomic mass is 9.95. The third-order valence-electron chi connectivity index (χ3n) is 3.57. The van der Waals surface area contributed by atoms with E-state index >= 15 is 0 Å². The van der Waals surface area contributed by atoms with Gasteiger partial charge in [0.25, 0.3) is 0 Å². The van der Waals surface area contributed by atoms with Crippen molar-refractivity contribution in [1.29, 1.82) is 0 Å². The second-order valence-electron chi connectivity index (χ2n) is 5.07. The molecule has 5 nitrogen and oxygen atoms in total. The van der Waals surface area contributed by atoms with Gasteiger partial charge in [0.05, 0.1) is 5.60 Å². The molecule has 1 fully saturated rings. The Labute approximate surface area is 122 Å². The van der Waals surface area contributed by atoms with Gasteiger partial charge in [0.15, 0.2) is 0 Å². The summed E-state index contributed by atoms with van der Waals surface area (Å²) in [4.78, 5) is 10.9. The molecular weight excluding hydrogens is 308 g/mol. The fourth-order valence-electron chi connectivity index (χ4n) is 2.42. The molecule has 0 aromatic carbocycles. The Hall–Kier alpha value is -0.880. The Kier molecular flexibility index (Phi) is 4.62. The van der Waals surface area contributed by atoms with E-state index in [0.29, 0.717) is 0 Å². The lowest BCUT2D eigenvalue weighted by Gasteiger charge is -2.40. The van der Waals surface area contributed by atoms with Crippen molar-refractivity contribution in [1.82, 2.24) is 9.97 Å². The van der Waals surface area contributed by atoms with Crippen LogP contribution >= 0.6 is 15.9 Å². The molecule has 1 N–H and O–H groups in total. The Morgan fingerprint density at radius 3 is 3.00 bits per heavy atom. The lowest BCUT2D eigenvalue weighted by molar-refractivity contribution is -0.00484. The van der Waals surface area contributed by atoms with Gasteiger partial charge in [0.1, 0.15) is 22.4 Å². The molecule has 0 aliphatic carbocycles. The first-order chi connectivity index (χ1) is 9.09. The number of anilines is 2. The van der Waals surface area contributed by atoms with Gasteiger partial charge in [-0.3, -0.25) is 0 Å². The zero-order valence-corrected chi connectivity index (χ0v) is 13.3. The molecule has 1 aromatic rings. The van der Waals surface area contributed by atoms with Crippen LogP contribution in [0.1, 0.15) is 26.7 Å². The van der Waals surface area contributed by atoms with Crippen molar-refractivity contribution in [2.24, 2.45) is 0 Å². The number of rotatable bonds is 4. The van der Waals surface area contributed by atoms with Gasteiger partial charge in [-0.2, -0.15) is 0 Å². The molecule has 2 rings (SSSR count). The maximum absolute atomic E-state index is 5.63. The van der Waals surface area contributed by atoms with E-state index in [4.69, 9.17) is 4.74 Å². The van der Waals surface area contributed by atoms with Gasteiger partial charge in [-0.25, -0.2) is 9.97 Å². The van der Waals surface area contributed by atoms with Crippen LogP contribution in [0, 0.1) is 0 Å². The number of nitrogens with zero attached hydrogens (tertiary/aromatic N) is 3. The van der Waals surface area contributed by atoms with Crippen LogP contribution in [0.25, 0.3) is 0 Å². The average Bonchev–Trinajstić information content (AvgIpc) is 2.41. The minimum Gasteiger partial charge on any atom is -0.377 e. The summed E-state index contributed by atoms with van der Waals surface area (Å²) in [6.45, 7) is 6.90. The minimum absolute atomic E-state index is 0.0962. The van der Waals surface area contributed by atoms with Gasteiger partial charge >= 0.3 is 0 Å². The molecule has 106 valence electrons. The summed E-state index contributed by atoms with van der Waals surface area (Å²) in [5, 5.41) is 3.23. The normalized spacial score (nSPS) is 23.5. The van der Waals surface area contributed by atoms with Crippen molar-refractivity contribution in [2.75, 3.05) is 37.0 Å². The van der Waals surface area contributed by atoms with Gasteiger partial charge in [-0.05, 0) is 42.6 Å². The highest BCUT2D eigenvalue weighted by Gasteiger charge is 2.32. The zero-order valence-electron chi connectivity index (χ0n) is 11.7. The van der Waals surface area contributed by atoms with E-state index < -0.39 is 0 Å². The van der Waals surface area contributed by atoms with Crippen LogP contribution in [0.15, 0.2) is 10.8 Å². The lowest BCUT2D eigenvalue weighted by Crippen LogP contribution is -2.47. The van der Waals surface area contributed by atoms with Crippen LogP contribution in [0.5, 0.6) is 0 Å². The fraction of sp³-hybridized carbons (Fsp3) is 0.692. The predicted molar refractivity (Wildman–Crippen MR) is 80.8 cm³/mol. The van der Waals surface area contributed by atoms with Crippen molar-refractivity contribution < 1.29 is 4.74 Å². The second kappa shape index (κ2) is 6.05. The number of aromatic nitrogens is 2. The van der Waals surface area contributed by atoms with E-state index in [-0.39, 0.29) is 5.60 Å². The topological polar surface area (TPSA) is 50.3 Å². The van der Waals surface area contributed by atoms with E-state index in [0.717, 1.165) is 48.6 Å².